The molecule has 130 valence electrons. The second-order valence-corrected chi connectivity index (χ2v) is 8.05. The Balaban J connectivity index is 1.63. The van der Waals surface area contributed by atoms with Crippen molar-refractivity contribution in [1.82, 2.24) is 14.7 Å². The van der Waals surface area contributed by atoms with E-state index in [-0.39, 0.29) is 5.91 Å². The van der Waals surface area contributed by atoms with E-state index in [2.05, 4.69) is 21.0 Å². The highest BCUT2D eigenvalue weighted by Crippen LogP contribution is 2.27. The highest BCUT2D eigenvalue weighted by Gasteiger charge is 2.25. The third-order valence-corrected chi connectivity index (χ3v) is 6.21. The van der Waals surface area contributed by atoms with Crippen molar-refractivity contribution in [2.75, 3.05) is 0 Å². The van der Waals surface area contributed by atoms with Crippen LogP contribution in [0.5, 0.6) is 0 Å². The number of furan rings is 1. The molecule has 3 heterocycles. The van der Waals surface area contributed by atoms with Gasteiger partial charge in [0, 0.05) is 22.6 Å². The first-order valence-electron chi connectivity index (χ1n) is 8.21. The van der Waals surface area contributed by atoms with Gasteiger partial charge in [-0.05, 0) is 59.0 Å². The Kier molecular flexibility index (Phi) is 4.52. The number of nitrogens with zero attached hydrogens (tertiary/aromatic N) is 3. The van der Waals surface area contributed by atoms with E-state index in [9.17, 15) is 4.79 Å². The van der Waals surface area contributed by atoms with Gasteiger partial charge < -0.3 is 9.32 Å². The van der Waals surface area contributed by atoms with Gasteiger partial charge in [0.05, 0.1) is 29.9 Å². The summed E-state index contributed by atoms with van der Waals surface area (Å²) in [6.07, 6.45) is 4.92. The molecule has 3 aromatic heterocycles. The van der Waals surface area contributed by atoms with Crippen LogP contribution in [0.3, 0.4) is 0 Å². The summed E-state index contributed by atoms with van der Waals surface area (Å²) in [6, 6.07) is 5.61. The average Bonchev–Trinajstić information content (AvgIpc) is 3.35. The number of hydrogen-bond donors (Lipinski definition) is 0. The lowest BCUT2D eigenvalue weighted by Crippen LogP contribution is -2.30. The van der Waals surface area contributed by atoms with Crippen LogP contribution in [-0.4, -0.2) is 20.6 Å². The van der Waals surface area contributed by atoms with E-state index in [1.165, 1.54) is 22.6 Å². The lowest BCUT2D eigenvalue weighted by molar-refractivity contribution is 0.0719. The molecule has 0 aromatic carbocycles. The maximum Gasteiger partial charge on any atom is 0.264 e. The number of halogens is 1. The Morgan fingerprint density at radius 1 is 1.44 bits per heavy atom. The summed E-state index contributed by atoms with van der Waals surface area (Å²) < 4.78 is 8.36. The summed E-state index contributed by atoms with van der Waals surface area (Å²) in [5.74, 6) is 0.779. The Bertz CT molecular complexity index is 898. The standard InChI is InChI=1S/C18H18BrN3O2S/c1-21-16-6-2-5-14(16)15(20-21)10-22(9-13-4-3-7-24-13)18(23)17-8-12(19)11-25-17/h3-4,7-8,11H,2,5-6,9-10H2,1H3. The number of rotatable bonds is 5. The minimum atomic E-state index is 0.00417. The number of fused-ring (bicyclic) bond motifs is 1. The third kappa shape index (κ3) is 3.30. The smallest absolute Gasteiger partial charge is 0.264 e. The molecule has 7 heteroatoms. The molecule has 25 heavy (non-hydrogen) atoms. The fourth-order valence-electron chi connectivity index (χ4n) is 3.38. The summed E-state index contributed by atoms with van der Waals surface area (Å²) in [5, 5.41) is 6.60. The van der Waals surface area contributed by atoms with Gasteiger partial charge in [0.25, 0.3) is 5.91 Å². The van der Waals surface area contributed by atoms with E-state index >= 15 is 0 Å². The number of carbonyl (C=O) groups excluding carboxylic acids is 1. The first kappa shape index (κ1) is 16.6. The van der Waals surface area contributed by atoms with E-state index in [0.717, 1.165) is 35.2 Å². The van der Waals surface area contributed by atoms with Crippen molar-refractivity contribution >= 4 is 33.2 Å². The minimum Gasteiger partial charge on any atom is -0.467 e. The Labute approximate surface area is 158 Å². The molecule has 5 nitrogen and oxygen atoms in total. The van der Waals surface area contributed by atoms with Crippen LogP contribution in [0.2, 0.25) is 0 Å². The predicted octanol–water partition coefficient (Wildman–Crippen LogP) is 4.17. The average molecular weight is 420 g/mol. The summed E-state index contributed by atoms with van der Waals surface area (Å²) in [7, 11) is 1.99. The van der Waals surface area contributed by atoms with E-state index < -0.39 is 0 Å². The number of hydrogen-bond acceptors (Lipinski definition) is 4. The number of thiophene rings is 1. The van der Waals surface area contributed by atoms with E-state index in [0.29, 0.717) is 18.0 Å². The fraction of sp³-hybridized carbons (Fsp3) is 0.333. The van der Waals surface area contributed by atoms with Crippen LogP contribution >= 0.6 is 27.3 Å². The van der Waals surface area contributed by atoms with Crippen LogP contribution in [-0.2, 0) is 33.0 Å². The van der Waals surface area contributed by atoms with Gasteiger partial charge in [0.2, 0.25) is 0 Å². The van der Waals surface area contributed by atoms with Gasteiger partial charge in [0.1, 0.15) is 5.76 Å². The molecule has 0 bridgehead atoms. The molecule has 1 aliphatic carbocycles. The van der Waals surface area contributed by atoms with Gasteiger partial charge in [-0.2, -0.15) is 5.10 Å². The van der Waals surface area contributed by atoms with Gasteiger partial charge in [-0.1, -0.05) is 0 Å². The molecule has 0 unspecified atom stereocenters. The molecule has 3 aromatic rings. The molecule has 0 atom stereocenters. The Morgan fingerprint density at radius 2 is 2.32 bits per heavy atom. The van der Waals surface area contributed by atoms with Gasteiger partial charge in [-0.3, -0.25) is 9.48 Å². The van der Waals surface area contributed by atoms with E-state index in [1.54, 1.807) is 6.26 Å². The monoisotopic (exact) mass is 419 g/mol. The van der Waals surface area contributed by atoms with Crippen molar-refractivity contribution in [2.45, 2.75) is 32.4 Å². The van der Waals surface area contributed by atoms with Gasteiger partial charge >= 0.3 is 0 Å². The van der Waals surface area contributed by atoms with Crippen LogP contribution in [0, 0.1) is 0 Å². The molecule has 0 N–H and O–H groups in total. The molecule has 0 aliphatic heterocycles. The van der Waals surface area contributed by atoms with Crippen LogP contribution in [0.15, 0.2) is 38.7 Å². The molecule has 0 saturated heterocycles. The molecule has 1 amide bonds. The van der Waals surface area contributed by atoms with Gasteiger partial charge in [-0.15, -0.1) is 11.3 Å². The molecule has 4 rings (SSSR count). The second kappa shape index (κ2) is 6.80. The van der Waals surface area contributed by atoms with Crippen molar-refractivity contribution in [3.05, 3.63) is 61.9 Å². The van der Waals surface area contributed by atoms with Crippen molar-refractivity contribution in [2.24, 2.45) is 7.05 Å². The van der Waals surface area contributed by atoms with E-state index in [4.69, 9.17) is 4.42 Å². The largest absolute Gasteiger partial charge is 0.467 e. The maximum absolute atomic E-state index is 13.0. The first-order chi connectivity index (χ1) is 12.1. The van der Waals surface area contributed by atoms with Crippen LogP contribution in [0.25, 0.3) is 0 Å². The van der Waals surface area contributed by atoms with Crippen molar-refractivity contribution in [3.63, 3.8) is 0 Å². The van der Waals surface area contributed by atoms with Crippen molar-refractivity contribution in [1.29, 1.82) is 0 Å². The molecule has 0 saturated carbocycles. The minimum absolute atomic E-state index is 0.00417. The van der Waals surface area contributed by atoms with Crippen LogP contribution < -0.4 is 0 Å². The van der Waals surface area contributed by atoms with E-state index in [1.807, 2.05) is 40.2 Å². The summed E-state index contributed by atoms with van der Waals surface area (Å²) in [6.45, 7) is 0.935. The molecule has 1 aliphatic rings. The zero-order valence-corrected chi connectivity index (χ0v) is 16.3. The number of aryl methyl sites for hydroxylation is 1. The quantitative estimate of drug-likeness (QED) is 0.623. The second-order valence-electron chi connectivity index (χ2n) is 6.22. The zero-order chi connectivity index (χ0) is 17.4. The predicted molar refractivity (Wildman–Crippen MR) is 99.5 cm³/mol. The Hall–Kier alpha value is -1.86. The van der Waals surface area contributed by atoms with Crippen molar-refractivity contribution in [3.8, 4) is 0 Å². The molecular weight excluding hydrogens is 402 g/mol. The van der Waals surface area contributed by atoms with Crippen LogP contribution in [0.1, 0.15) is 38.8 Å². The molecule has 0 radical (unpaired) electrons. The zero-order valence-electron chi connectivity index (χ0n) is 13.9. The number of carbonyl (C=O) groups is 1. The highest BCUT2D eigenvalue weighted by atomic mass is 79.9. The fourth-order valence-corrected chi connectivity index (χ4v) is 4.77. The lowest BCUT2D eigenvalue weighted by atomic mass is 10.2. The van der Waals surface area contributed by atoms with Crippen LogP contribution in [0.4, 0.5) is 0 Å². The van der Waals surface area contributed by atoms with Gasteiger partial charge in [0.15, 0.2) is 0 Å². The highest BCUT2D eigenvalue weighted by molar-refractivity contribution is 9.10. The number of aromatic nitrogens is 2. The third-order valence-electron chi connectivity index (χ3n) is 4.53. The lowest BCUT2D eigenvalue weighted by Gasteiger charge is -2.20. The summed E-state index contributed by atoms with van der Waals surface area (Å²) in [5.41, 5.74) is 3.62. The molecule has 0 fully saturated rings. The summed E-state index contributed by atoms with van der Waals surface area (Å²) in [4.78, 5) is 15.6. The summed E-state index contributed by atoms with van der Waals surface area (Å²) >= 11 is 4.87. The SMILES string of the molecule is Cn1nc(CN(Cc2ccco2)C(=O)c2cc(Br)cs2)c2c1CCC2. The van der Waals surface area contributed by atoms with Crippen molar-refractivity contribution < 1.29 is 9.21 Å². The molecule has 0 spiro atoms. The Morgan fingerprint density at radius 3 is 3.04 bits per heavy atom. The topological polar surface area (TPSA) is 51.3 Å². The van der Waals surface area contributed by atoms with Gasteiger partial charge in [-0.25, -0.2) is 0 Å². The normalized spacial score (nSPS) is 13.2. The maximum atomic E-state index is 13.0. The first-order valence-corrected chi connectivity index (χ1v) is 9.88. The molecular formula is C18H18BrN3O2S. The number of amides is 1.